The van der Waals surface area contributed by atoms with Gasteiger partial charge in [-0.25, -0.2) is 0 Å². The van der Waals surface area contributed by atoms with Gasteiger partial charge in [0.15, 0.2) is 0 Å². The molecule has 0 fully saturated rings. The second-order valence-corrected chi connectivity index (χ2v) is 4.93. The van der Waals surface area contributed by atoms with Gasteiger partial charge in [0.05, 0.1) is 5.92 Å². The Kier molecular flexibility index (Phi) is 4.00. The van der Waals surface area contributed by atoms with E-state index in [1.807, 2.05) is 62.4 Å². The van der Waals surface area contributed by atoms with Gasteiger partial charge in [0.1, 0.15) is 0 Å². The molecule has 2 aromatic carbocycles. The van der Waals surface area contributed by atoms with Gasteiger partial charge >= 0.3 is 5.97 Å². The molecule has 0 saturated heterocycles. The van der Waals surface area contributed by atoms with E-state index in [1.54, 1.807) is 0 Å². The summed E-state index contributed by atoms with van der Waals surface area (Å²) in [6.07, 6.45) is 0.533. The molecule has 1 unspecified atom stereocenters. The van der Waals surface area contributed by atoms with Crippen molar-refractivity contribution in [1.29, 1.82) is 0 Å². The molecular weight excluding hydrogens is 236 g/mol. The Bertz CT molecular complexity index is 570. The number of aryl methyl sites for hydroxylation is 2. The third-order valence-electron chi connectivity index (χ3n) is 3.46. The Morgan fingerprint density at radius 3 is 2.26 bits per heavy atom. The zero-order chi connectivity index (χ0) is 13.8. The van der Waals surface area contributed by atoms with Gasteiger partial charge in [0.25, 0.3) is 0 Å². The molecule has 2 rings (SSSR count). The van der Waals surface area contributed by atoms with E-state index in [1.165, 1.54) is 0 Å². The molecule has 98 valence electrons. The zero-order valence-corrected chi connectivity index (χ0v) is 11.3. The summed E-state index contributed by atoms with van der Waals surface area (Å²) < 4.78 is 0. The van der Waals surface area contributed by atoms with Crippen molar-refractivity contribution in [2.24, 2.45) is 0 Å². The molecule has 0 aliphatic carbocycles. The fourth-order valence-electron chi connectivity index (χ4n) is 2.21. The maximum absolute atomic E-state index is 11.5. The van der Waals surface area contributed by atoms with E-state index < -0.39 is 11.9 Å². The molecule has 1 N–H and O–H groups in total. The second-order valence-electron chi connectivity index (χ2n) is 4.93. The normalized spacial score (nSPS) is 12.1. The van der Waals surface area contributed by atoms with Crippen LogP contribution in [-0.2, 0) is 11.2 Å². The van der Waals surface area contributed by atoms with Crippen LogP contribution in [0.25, 0.3) is 0 Å². The van der Waals surface area contributed by atoms with Crippen molar-refractivity contribution in [2.75, 3.05) is 0 Å². The molecule has 2 aromatic rings. The minimum atomic E-state index is -0.771. The Morgan fingerprint density at radius 2 is 1.68 bits per heavy atom. The number of aliphatic carboxylic acids is 1. The number of hydrogen-bond acceptors (Lipinski definition) is 1. The van der Waals surface area contributed by atoms with Gasteiger partial charge in [-0.3, -0.25) is 4.79 Å². The first kappa shape index (κ1) is 13.3. The van der Waals surface area contributed by atoms with Crippen molar-refractivity contribution < 1.29 is 9.90 Å². The van der Waals surface area contributed by atoms with E-state index in [0.29, 0.717) is 6.42 Å². The molecule has 0 spiro atoms. The van der Waals surface area contributed by atoms with Crippen molar-refractivity contribution in [3.63, 3.8) is 0 Å². The van der Waals surface area contributed by atoms with Gasteiger partial charge in [-0.2, -0.15) is 0 Å². The average molecular weight is 254 g/mol. The van der Waals surface area contributed by atoms with Crippen LogP contribution in [0.3, 0.4) is 0 Å². The van der Waals surface area contributed by atoms with Crippen LogP contribution in [0.2, 0.25) is 0 Å². The fourth-order valence-corrected chi connectivity index (χ4v) is 2.21. The summed E-state index contributed by atoms with van der Waals surface area (Å²) >= 11 is 0. The van der Waals surface area contributed by atoms with E-state index >= 15 is 0 Å². The predicted molar refractivity (Wildman–Crippen MR) is 76.4 cm³/mol. The van der Waals surface area contributed by atoms with Gasteiger partial charge in [-0.05, 0) is 37.0 Å². The fraction of sp³-hybridized carbons (Fsp3) is 0.235. The van der Waals surface area contributed by atoms with E-state index in [4.69, 9.17) is 0 Å². The Hall–Kier alpha value is -2.09. The van der Waals surface area contributed by atoms with E-state index in [0.717, 1.165) is 22.3 Å². The summed E-state index contributed by atoms with van der Waals surface area (Å²) in [6, 6.07) is 15.7. The third-order valence-corrected chi connectivity index (χ3v) is 3.46. The second kappa shape index (κ2) is 5.70. The highest BCUT2D eigenvalue weighted by Crippen LogP contribution is 2.23. The van der Waals surface area contributed by atoms with Gasteiger partial charge in [0.2, 0.25) is 0 Å². The van der Waals surface area contributed by atoms with Crippen LogP contribution in [-0.4, -0.2) is 11.1 Å². The first-order valence-electron chi connectivity index (χ1n) is 6.42. The van der Waals surface area contributed by atoms with E-state index in [2.05, 4.69) is 0 Å². The molecule has 0 aliphatic rings. The molecule has 0 aromatic heterocycles. The Balaban J connectivity index is 2.29. The molecule has 19 heavy (non-hydrogen) atoms. The topological polar surface area (TPSA) is 37.3 Å². The zero-order valence-electron chi connectivity index (χ0n) is 11.3. The van der Waals surface area contributed by atoms with Crippen LogP contribution >= 0.6 is 0 Å². The molecule has 2 heteroatoms. The van der Waals surface area contributed by atoms with Crippen LogP contribution in [0.15, 0.2) is 48.5 Å². The van der Waals surface area contributed by atoms with Crippen molar-refractivity contribution >= 4 is 5.97 Å². The molecule has 0 saturated carbocycles. The maximum atomic E-state index is 11.5. The van der Waals surface area contributed by atoms with Crippen molar-refractivity contribution in [2.45, 2.75) is 26.2 Å². The Morgan fingerprint density at radius 1 is 1.05 bits per heavy atom. The van der Waals surface area contributed by atoms with Crippen molar-refractivity contribution in [3.8, 4) is 0 Å². The van der Waals surface area contributed by atoms with Crippen LogP contribution in [0.1, 0.15) is 28.2 Å². The summed E-state index contributed by atoms with van der Waals surface area (Å²) in [5.41, 5.74) is 4.24. The van der Waals surface area contributed by atoms with E-state index in [9.17, 15) is 9.90 Å². The smallest absolute Gasteiger partial charge is 0.311 e. The average Bonchev–Trinajstić information content (AvgIpc) is 2.39. The number of rotatable bonds is 4. The molecule has 0 aliphatic heterocycles. The minimum absolute atomic E-state index is 0.485. The van der Waals surface area contributed by atoms with Crippen molar-refractivity contribution in [1.82, 2.24) is 0 Å². The largest absolute Gasteiger partial charge is 0.481 e. The van der Waals surface area contributed by atoms with Crippen LogP contribution in [0, 0.1) is 13.8 Å². The summed E-state index contributed by atoms with van der Waals surface area (Å²) in [4.78, 5) is 11.5. The van der Waals surface area contributed by atoms with Gasteiger partial charge in [0, 0.05) is 0 Å². The van der Waals surface area contributed by atoms with Crippen LogP contribution in [0.5, 0.6) is 0 Å². The molecule has 0 amide bonds. The maximum Gasteiger partial charge on any atom is 0.311 e. The van der Waals surface area contributed by atoms with Gasteiger partial charge in [-0.15, -0.1) is 0 Å². The lowest BCUT2D eigenvalue weighted by Gasteiger charge is -2.14. The SMILES string of the molecule is Cc1ccc(C(Cc2ccccc2C)C(=O)O)cc1. The third kappa shape index (κ3) is 3.22. The first-order chi connectivity index (χ1) is 9.08. The Labute approximate surface area is 113 Å². The highest BCUT2D eigenvalue weighted by atomic mass is 16.4. The molecule has 0 radical (unpaired) electrons. The lowest BCUT2D eigenvalue weighted by atomic mass is 9.90. The number of benzene rings is 2. The summed E-state index contributed by atoms with van der Waals surface area (Å²) in [5, 5.41) is 9.45. The highest BCUT2D eigenvalue weighted by molar-refractivity contribution is 5.76. The molecule has 0 heterocycles. The first-order valence-corrected chi connectivity index (χ1v) is 6.42. The van der Waals surface area contributed by atoms with Crippen LogP contribution < -0.4 is 0 Å². The lowest BCUT2D eigenvalue weighted by molar-refractivity contribution is -0.138. The molecule has 1 atom stereocenters. The minimum Gasteiger partial charge on any atom is -0.481 e. The van der Waals surface area contributed by atoms with Gasteiger partial charge in [-0.1, -0.05) is 54.1 Å². The molecular formula is C17H18O2. The number of carbonyl (C=O) groups is 1. The molecule has 0 bridgehead atoms. The summed E-state index contributed by atoms with van der Waals surface area (Å²) in [5.74, 6) is -1.26. The van der Waals surface area contributed by atoms with E-state index in [-0.39, 0.29) is 0 Å². The predicted octanol–water partition coefficient (Wildman–Crippen LogP) is 3.71. The molecule has 2 nitrogen and oxygen atoms in total. The van der Waals surface area contributed by atoms with Crippen LogP contribution in [0.4, 0.5) is 0 Å². The van der Waals surface area contributed by atoms with Gasteiger partial charge < -0.3 is 5.11 Å². The highest BCUT2D eigenvalue weighted by Gasteiger charge is 2.20. The summed E-state index contributed by atoms with van der Waals surface area (Å²) in [7, 11) is 0. The number of carboxylic acid groups (broad SMARTS) is 1. The lowest BCUT2D eigenvalue weighted by Crippen LogP contribution is -2.15. The van der Waals surface area contributed by atoms with Crippen molar-refractivity contribution in [3.05, 3.63) is 70.8 Å². The monoisotopic (exact) mass is 254 g/mol. The summed E-state index contributed by atoms with van der Waals surface area (Å²) in [6.45, 7) is 4.02. The quantitative estimate of drug-likeness (QED) is 0.903. The number of carboxylic acids is 1. The number of hydrogen-bond donors (Lipinski definition) is 1. The standard InChI is InChI=1S/C17H18O2/c1-12-7-9-14(10-8-12)16(17(18)19)11-15-6-4-3-5-13(15)2/h3-10,16H,11H2,1-2H3,(H,18,19).